The summed E-state index contributed by atoms with van der Waals surface area (Å²) < 4.78 is 27.1. The summed E-state index contributed by atoms with van der Waals surface area (Å²) in [6.07, 6.45) is 0. The Bertz CT molecular complexity index is 970. The van der Waals surface area contributed by atoms with Crippen LogP contribution in [0.3, 0.4) is 0 Å². The molecule has 0 aliphatic rings. The fourth-order valence-corrected chi connectivity index (χ4v) is 3.76. The summed E-state index contributed by atoms with van der Waals surface area (Å²) in [6, 6.07) is 8.17. The lowest BCUT2D eigenvalue weighted by Gasteiger charge is -2.10. The molecule has 6 nitrogen and oxygen atoms in total. The summed E-state index contributed by atoms with van der Waals surface area (Å²) in [5.74, 6) is 0. The van der Waals surface area contributed by atoms with Gasteiger partial charge in [-0.15, -0.1) is 0 Å². The Morgan fingerprint density at radius 3 is 2.68 bits per heavy atom. The molecule has 114 valence electrons. The predicted octanol–water partition coefficient (Wildman–Crippen LogP) is 2.74. The smallest absolute Gasteiger partial charge is 0.263 e. The first-order chi connectivity index (χ1) is 10.3. The quantitative estimate of drug-likeness (QED) is 0.753. The van der Waals surface area contributed by atoms with Crippen molar-refractivity contribution in [2.24, 2.45) is 0 Å². The highest BCUT2D eigenvalue weighted by molar-refractivity contribution is 7.92. The molecular formula is C13H8Cl2N3O3S-. The van der Waals surface area contributed by atoms with Gasteiger partial charge in [0.1, 0.15) is 4.90 Å². The number of aromatic amines is 1. The maximum atomic E-state index is 12.4. The van der Waals surface area contributed by atoms with E-state index >= 15 is 0 Å². The zero-order chi connectivity index (χ0) is 15.9. The molecule has 3 aromatic rings. The maximum Gasteiger partial charge on any atom is 0.263 e. The van der Waals surface area contributed by atoms with Gasteiger partial charge < -0.3 is 10.1 Å². The van der Waals surface area contributed by atoms with Gasteiger partial charge in [-0.25, -0.2) is 13.4 Å². The van der Waals surface area contributed by atoms with Crippen LogP contribution in [-0.2, 0) is 10.0 Å². The van der Waals surface area contributed by atoms with Gasteiger partial charge in [0, 0.05) is 5.02 Å². The van der Waals surface area contributed by atoms with Gasteiger partial charge in [0.15, 0.2) is 0 Å². The van der Waals surface area contributed by atoms with Crippen LogP contribution in [0.15, 0.2) is 41.3 Å². The molecule has 0 fully saturated rings. The number of hydrogen-bond donors (Lipinski definition) is 2. The van der Waals surface area contributed by atoms with Crippen molar-refractivity contribution in [1.82, 2.24) is 9.97 Å². The topological polar surface area (TPSA) is 97.9 Å². The van der Waals surface area contributed by atoms with Crippen molar-refractivity contribution in [2.45, 2.75) is 4.90 Å². The van der Waals surface area contributed by atoms with Crippen LogP contribution in [0, 0.1) is 0 Å². The molecule has 0 aliphatic carbocycles. The van der Waals surface area contributed by atoms with E-state index in [1.165, 1.54) is 36.4 Å². The molecule has 9 heteroatoms. The van der Waals surface area contributed by atoms with Crippen molar-refractivity contribution in [1.29, 1.82) is 0 Å². The number of anilines is 1. The molecule has 0 saturated carbocycles. The molecular weight excluding hydrogens is 349 g/mol. The standard InChI is InChI=1S/C13H9Cl2N3O3S/c14-7-1-3-9(15)12(5-7)22(20,21)18-8-2-4-10-11(6-8)17-13(19)16-10/h1-6,18H,(H2,16,17,19)/p-1. The Hall–Kier alpha value is -1.96. The Labute approximate surface area is 135 Å². The number of hydrogen-bond acceptors (Lipinski definition) is 4. The second-order valence-corrected chi connectivity index (χ2v) is 6.95. The minimum Gasteiger partial charge on any atom is -0.846 e. The summed E-state index contributed by atoms with van der Waals surface area (Å²) >= 11 is 11.7. The number of benzene rings is 2. The lowest BCUT2D eigenvalue weighted by molar-refractivity contribution is -0.280. The van der Waals surface area contributed by atoms with E-state index in [1.54, 1.807) is 0 Å². The summed E-state index contributed by atoms with van der Waals surface area (Å²) in [5, 5.41) is 11.5. The molecule has 22 heavy (non-hydrogen) atoms. The number of imidazole rings is 1. The fourth-order valence-electron chi connectivity index (χ4n) is 1.94. The van der Waals surface area contributed by atoms with Crippen molar-refractivity contribution in [3.8, 4) is 6.01 Å². The van der Waals surface area contributed by atoms with E-state index < -0.39 is 16.0 Å². The van der Waals surface area contributed by atoms with Crippen LogP contribution in [0.4, 0.5) is 5.69 Å². The van der Waals surface area contributed by atoms with Crippen LogP contribution < -0.4 is 9.83 Å². The van der Waals surface area contributed by atoms with Gasteiger partial charge in [-0.05, 0) is 36.4 Å². The zero-order valence-corrected chi connectivity index (χ0v) is 13.1. The van der Waals surface area contributed by atoms with E-state index in [0.29, 0.717) is 11.0 Å². The monoisotopic (exact) mass is 356 g/mol. The predicted molar refractivity (Wildman–Crippen MR) is 82.8 cm³/mol. The van der Waals surface area contributed by atoms with Crippen molar-refractivity contribution < 1.29 is 13.5 Å². The summed E-state index contributed by atoms with van der Waals surface area (Å²) in [4.78, 5) is 6.08. The third-order valence-electron chi connectivity index (χ3n) is 2.90. The molecule has 3 rings (SSSR count). The molecule has 2 N–H and O–H groups in total. The molecule has 0 radical (unpaired) electrons. The first-order valence-electron chi connectivity index (χ1n) is 6.00. The average Bonchev–Trinajstić information content (AvgIpc) is 2.80. The molecule has 0 saturated heterocycles. The van der Waals surface area contributed by atoms with E-state index in [1.807, 2.05) is 0 Å². The van der Waals surface area contributed by atoms with Crippen molar-refractivity contribution in [3.63, 3.8) is 0 Å². The van der Waals surface area contributed by atoms with Crippen LogP contribution in [0.25, 0.3) is 11.0 Å². The van der Waals surface area contributed by atoms with Crippen LogP contribution in [0.5, 0.6) is 6.01 Å². The number of H-pyrrole nitrogens is 1. The molecule has 0 unspecified atom stereocenters. The van der Waals surface area contributed by atoms with Gasteiger partial charge in [0.05, 0.1) is 27.8 Å². The molecule has 0 bridgehead atoms. The first-order valence-corrected chi connectivity index (χ1v) is 8.24. The number of nitrogens with zero attached hydrogens (tertiary/aromatic N) is 1. The summed E-state index contributed by atoms with van der Waals surface area (Å²) in [5.41, 5.74) is 1.16. The van der Waals surface area contributed by atoms with Crippen molar-refractivity contribution in [2.75, 3.05) is 4.72 Å². The minimum absolute atomic E-state index is 0.0568. The van der Waals surface area contributed by atoms with Crippen LogP contribution in [0.1, 0.15) is 0 Å². The fraction of sp³-hybridized carbons (Fsp3) is 0. The number of nitrogens with one attached hydrogen (secondary N) is 2. The molecule has 1 aromatic heterocycles. The minimum atomic E-state index is -3.91. The lowest BCUT2D eigenvalue weighted by atomic mass is 10.3. The van der Waals surface area contributed by atoms with E-state index in [9.17, 15) is 13.5 Å². The van der Waals surface area contributed by atoms with Crippen molar-refractivity contribution in [3.05, 3.63) is 46.4 Å². The lowest BCUT2D eigenvalue weighted by Crippen LogP contribution is -2.13. The second kappa shape index (κ2) is 5.35. The maximum absolute atomic E-state index is 12.4. The first kappa shape index (κ1) is 15.0. The summed E-state index contributed by atoms with van der Waals surface area (Å²) in [7, 11) is -3.91. The Morgan fingerprint density at radius 1 is 1.14 bits per heavy atom. The largest absolute Gasteiger partial charge is 0.846 e. The summed E-state index contributed by atoms with van der Waals surface area (Å²) in [6.45, 7) is 0. The molecule has 1 heterocycles. The SMILES string of the molecule is O=S(=O)(Nc1ccc2nc([O-])[nH]c2c1)c1cc(Cl)ccc1Cl. The van der Waals surface area contributed by atoms with Crippen LogP contribution in [-0.4, -0.2) is 18.4 Å². The van der Waals surface area contributed by atoms with Gasteiger partial charge in [0.25, 0.3) is 10.0 Å². The number of halogens is 2. The molecule has 0 atom stereocenters. The molecule has 0 spiro atoms. The van der Waals surface area contributed by atoms with E-state index in [-0.39, 0.29) is 20.6 Å². The van der Waals surface area contributed by atoms with Gasteiger partial charge in [0.2, 0.25) is 0 Å². The van der Waals surface area contributed by atoms with Crippen LogP contribution in [0.2, 0.25) is 10.0 Å². The van der Waals surface area contributed by atoms with Gasteiger partial charge >= 0.3 is 0 Å². The normalized spacial score (nSPS) is 11.7. The Kier molecular flexibility index (Phi) is 3.64. The highest BCUT2D eigenvalue weighted by Crippen LogP contribution is 2.27. The van der Waals surface area contributed by atoms with Gasteiger partial charge in [-0.3, -0.25) is 4.72 Å². The Balaban J connectivity index is 2.00. The number of fused-ring (bicyclic) bond motifs is 1. The highest BCUT2D eigenvalue weighted by atomic mass is 35.5. The zero-order valence-electron chi connectivity index (χ0n) is 10.8. The van der Waals surface area contributed by atoms with E-state index in [2.05, 4.69) is 14.7 Å². The van der Waals surface area contributed by atoms with E-state index in [4.69, 9.17) is 23.2 Å². The number of rotatable bonds is 3. The highest BCUT2D eigenvalue weighted by Gasteiger charge is 2.18. The van der Waals surface area contributed by atoms with Gasteiger partial charge in [-0.2, -0.15) is 0 Å². The molecule has 0 amide bonds. The molecule has 2 aromatic carbocycles. The number of aromatic nitrogens is 2. The van der Waals surface area contributed by atoms with Crippen molar-refractivity contribution >= 4 is 49.9 Å². The van der Waals surface area contributed by atoms with Gasteiger partial charge in [-0.1, -0.05) is 23.2 Å². The van der Waals surface area contributed by atoms with E-state index in [0.717, 1.165) is 0 Å². The second-order valence-electron chi connectivity index (χ2n) is 4.45. The molecule has 0 aliphatic heterocycles. The Morgan fingerprint density at radius 2 is 1.91 bits per heavy atom. The average molecular weight is 357 g/mol. The number of sulfonamides is 1. The third-order valence-corrected chi connectivity index (χ3v) is 4.99. The van der Waals surface area contributed by atoms with Crippen LogP contribution >= 0.6 is 23.2 Å². The third kappa shape index (κ3) is 2.83.